The van der Waals surface area contributed by atoms with Crippen LogP contribution in [0.3, 0.4) is 0 Å². The molecule has 1 aromatic rings. The van der Waals surface area contributed by atoms with Gasteiger partial charge in [0.15, 0.2) is 5.92 Å². The summed E-state index contributed by atoms with van der Waals surface area (Å²) in [5.74, 6) is -3.30. The van der Waals surface area contributed by atoms with Crippen LogP contribution < -0.4 is 0 Å². The van der Waals surface area contributed by atoms with Crippen LogP contribution in [0.2, 0.25) is 0 Å². The second-order valence-electron chi connectivity index (χ2n) is 6.32. The molecule has 0 radical (unpaired) electrons. The zero-order valence-electron chi connectivity index (χ0n) is 14.3. The molecule has 0 aliphatic rings. The van der Waals surface area contributed by atoms with Crippen molar-refractivity contribution < 1.29 is 23.4 Å². The van der Waals surface area contributed by atoms with Crippen LogP contribution in [0, 0.1) is 11.8 Å². The van der Waals surface area contributed by atoms with Crippen LogP contribution in [0.5, 0.6) is 0 Å². The predicted molar refractivity (Wildman–Crippen MR) is 85.4 cm³/mol. The lowest BCUT2D eigenvalue weighted by Crippen LogP contribution is -2.48. The van der Waals surface area contributed by atoms with Gasteiger partial charge in [0, 0.05) is 0 Å². The van der Waals surface area contributed by atoms with Crippen LogP contribution in [0.1, 0.15) is 51.7 Å². The fourth-order valence-electron chi connectivity index (χ4n) is 2.71. The van der Waals surface area contributed by atoms with Crippen molar-refractivity contribution in [2.45, 2.75) is 52.6 Å². The molecule has 130 valence electrons. The number of benzene rings is 1. The zero-order valence-corrected chi connectivity index (χ0v) is 14.3. The minimum Gasteiger partial charge on any atom is -0.466 e. The topological polar surface area (TPSA) is 46.5 Å². The Bertz CT molecular complexity index is 512. The molecular weight excluding hydrogens is 302 g/mol. The molecule has 2 unspecified atom stereocenters. The van der Waals surface area contributed by atoms with E-state index >= 15 is 0 Å². The molecule has 5 heteroatoms. The summed E-state index contributed by atoms with van der Waals surface area (Å²) in [4.78, 5) is 12.0. The van der Waals surface area contributed by atoms with E-state index in [0.717, 1.165) is 5.56 Å². The first-order chi connectivity index (χ1) is 10.7. The average molecular weight is 328 g/mol. The third-order valence-corrected chi connectivity index (χ3v) is 4.19. The van der Waals surface area contributed by atoms with E-state index in [-0.39, 0.29) is 12.5 Å². The third kappa shape index (κ3) is 4.08. The van der Waals surface area contributed by atoms with Gasteiger partial charge in [0.1, 0.15) is 5.60 Å². The zero-order chi connectivity index (χ0) is 17.8. The number of alkyl halides is 2. The van der Waals surface area contributed by atoms with E-state index in [1.165, 1.54) is 0 Å². The molecule has 1 rings (SSSR count). The molecule has 0 heterocycles. The highest BCUT2D eigenvalue weighted by atomic mass is 19.3. The smallest absolute Gasteiger partial charge is 0.318 e. The first-order valence-electron chi connectivity index (χ1n) is 7.93. The second kappa shape index (κ2) is 7.86. The van der Waals surface area contributed by atoms with Gasteiger partial charge in [-0.15, -0.1) is 0 Å². The van der Waals surface area contributed by atoms with Crippen molar-refractivity contribution in [3.8, 4) is 0 Å². The SMILES string of the molecule is CCOC(=O)C(C(F)F)C(O)(c1ccc(C(C)C)cc1)C(C)C. The van der Waals surface area contributed by atoms with Crippen molar-refractivity contribution in [1.82, 2.24) is 0 Å². The van der Waals surface area contributed by atoms with Crippen molar-refractivity contribution in [2.75, 3.05) is 6.61 Å². The highest BCUT2D eigenvalue weighted by Gasteiger charge is 2.51. The summed E-state index contributed by atoms with van der Waals surface area (Å²) in [5.41, 5.74) is -0.657. The van der Waals surface area contributed by atoms with Gasteiger partial charge >= 0.3 is 5.97 Å². The van der Waals surface area contributed by atoms with Gasteiger partial charge in [0.25, 0.3) is 6.43 Å². The van der Waals surface area contributed by atoms with Crippen LogP contribution in [-0.2, 0) is 15.1 Å². The molecule has 0 amide bonds. The molecule has 3 nitrogen and oxygen atoms in total. The summed E-state index contributed by atoms with van der Waals surface area (Å²) in [6.07, 6.45) is -3.02. The molecule has 0 aliphatic heterocycles. The number of hydrogen-bond donors (Lipinski definition) is 1. The van der Waals surface area contributed by atoms with Gasteiger partial charge in [-0.25, -0.2) is 8.78 Å². The monoisotopic (exact) mass is 328 g/mol. The Balaban J connectivity index is 3.36. The lowest BCUT2D eigenvalue weighted by molar-refractivity contribution is -0.178. The molecule has 1 aromatic carbocycles. The Hall–Kier alpha value is -1.49. The lowest BCUT2D eigenvalue weighted by Gasteiger charge is -2.38. The Morgan fingerprint density at radius 3 is 2.04 bits per heavy atom. The Morgan fingerprint density at radius 2 is 1.70 bits per heavy atom. The van der Waals surface area contributed by atoms with E-state index in [9.17, 15) is 18.7 Å². The van der Waals surface area contributed by atoms with Crippen molar-refractivity contribution in [3.63, 3.8) is 0 Å². The molecule has 0 bridgehead atoms. The van der Waals surface area contributed by atoms with Crippen LogP contribution in [0.25, 0.3) is 0 Å². The van der Waals surface area contributed by atoms with E-state index < -0.39 is 29.8 Å². The maximum absolute atomic E-state index is 13.6. The number of carbonyl (C=O) groups is 1. The van der Waals surface area contributed by atoms with Crippen molar-refractivity contribution in [1.29, 1.82) is 0 Å². The molecule has 0 saturated heterocycles. The summed E-state index contributed by atoms with van der Waals surface area (Å²) in [6.45, 7) is 8.80. The Morgan fingerprint density at radius 1 is 1.17 bits per heavy atom. The number of carbonyl (C=O) groups excluding carboxylic acids is 1. The summed E-state index contributed by atoms with van der Waals surface area (Å²) in [5, 5.41) is 11.0. The van der Waals surface area contributed by atoms with Crippen LogP contribution >= 0.6 is 0 Å². The highest BCUT2D eigenvalue weighted by Crippen LogP contribution is 2.41. The van der Waals surface area contributed by atoms with Crippen molar-refractivity contribution >= 4 is 5.97 Å². The number of hydrogen-bond acceptors (Lipinski definition) is 3. The summed E-state index contributed by atoms with van der Waals surface area (Å²) < 4.78 is 31.9. The first kappa shape index (κ1) is 19.6. The number of rotatable bonds is 7. The van der Waals surface area contributed by atoms with Gasteiger partial charge in [0.2, 0.25) is 0 Å². The maximum atomic E-state index is 13.6. The van der Waals surface area contributed by atoms with E-state index in [1.54, 1.807) is 45.0 Å². The molecule has 0 fully saturated rings. The molecule has 0 aromatic heterocycles. The fourth-order valence-corrected chi connectivity index (χ4v) is 2.71. The largest absolute Gasteiger partial charge is 0.466 e. The fraction of sp³-hybridized carbons (Fsp3) is 0.611. The van der Waals surface area contributed by atoms with Gasteiger partial charge in [-0.3, -0.25) is 4.79 Å². The minimum atomic E-state index is -3.02. The molecule has 1 N–H and O–H groups in total. The average Bonchev–Trinajstić information content (AvgIpc) is 2.46. The normalized spacial score (nSPS) is 15.8. The Kier molecular flexibility index (Phi) is 6.69. The van der Waals surface area contributed by atoms with E-state index in [0.29, 0.717) is 5.56 Å². The standard InChI is InChI=1S/C18H26F2O3/c1-6-23-17(21)15(16(19)20)18(22,12(4)5)14-9-7-13(8-10-14)11(2)3/h7-12,15-16,22H,6H2,1-5H3. The molecular formula is C18H26F2O3. The van der Waals surface area contributed by atoms with E-state index in [4.69, 9.17) is 4.74 Å². The second-order valence-corrected chi connectivity index (χ2v) is 6.32. The summed E-state index contributed by atoms with van der Waals surface area (Å²) >= 11 is 0. The van der Waals surface area contributed by atoms with E-state index in [1.807, 2.05) is 13.8 Å². The van der Waals surface area contributed by atoms with Crippen LogP contribution in [0.4, 0.5) is 8.78 Å². The van der Waals surface area contributed by atoms with Gasteiger partial charge < -0.3 is 9.84 Å². The molecule has 0 saturated carbocycles. The Labute approximate surface area is 136 Å². The predicted octanol–water partition coefficient (Wildman–Crippen LogP) is 4.10. The molecule has 23 heavy (non-hydrogen) atoms. The summed E-state index contributed by atoms with van der Waals surface area (Å²) in [6, 6.07) is 6.82. The number of aliphatic hydroxyl groups is 1. The quantitative estimate of drug-likeness (QED) is 0.767. The third-order valence-electron chi connectivity index (χ3n) is 4.19. The van der Waals surface area contributed by atoms with E-state index in [2.05, 4.69) is 0 Å². The van der Waals surface area contributed by atoms with Crippen molar-refractivity contribution in [2.24, 2.45) is 11.8 Å². The number of esters is 1. The molecule has 0 spiro atoms. The van der Waals surface area contributed by atoms with Gasteiger partial charge in [-0.05, 0) is 29.9 Å². The van der Waals surface area contributed by atoms with Gasteiger partial charge in [-0.2, -0.15) is 0 Å². The maximum Gasteiger partial charge on any atom is 0.318 e. The van der Waals surface area contributed by atoms with Crippen molar-refractivity contribution in [3.05, 3.63) is 35.4 Å². The molecule has 2 atom stereocenters. The van der Waals surface area contributed by atoms with Crippen LogP contribution in [-0.4, -0.2) is 24.1 Å². The lowest BCUT2D eigenvalue weighted by atomic mass is 9.73. The minimum absolute atomic E-state index is 0.0114. The summed E-state index contributed by atoms with van der Waals surface area (Å²) in [7, 11) is 0. The number of halogens is 2. The first-order valence-corrected chi connectivity index (χ1v) is 7.93. The van der Waals surface area contributed by atoms with Gasteiger partial charge in [-0.1, -0.05) is 52.0 Å². The van der Waals surface area contributed by atoms with Crippen LogP contribution in [0.15, 0.2) is 24.3 Å². The highest BCUT2D eigenvalue weighted by molar-refractivity contribution is 5.75. The number of ether oxygens (including phenoxy) is 1. The molecule has 0 aliphatic carbocycles. The van der Waals surface area contributed by atoms with Gasteiger partial charge in [0.05, 0.1) is 6.61 Å².